The quantitative estimate of drug-likeness (QED) is 0.686. The van der Waals surface area contributed by atoms with Crippen molar-refractivity contribution in [2.75, 3.05) is 25.5 Å². The SMILES string of the molecule is CNC(=O)N1CCCC(c2nc(Nc3cccc(F)c3)cc(-c3cccnc3)n2)C1. The van der Waals surface area contributed by atoms with Crippen LogP contribution in [0.3, 0.4) is 0 Å². The van der Waals surface area contributed by atoms with Crippen molar-refractivity contribution >= 4 is 17.5 Å². The molecule has 0 bridgehead atoms. The molecule has 0 saturated carbocycles. The maximum absolute atomic E-state index is 13.6. The molecular formula is C22H23FN6O. The van der Waals surface area contributed by atoms with Gasteiger partial charge >= 0.3 is 6.03 Å². The number of piperidine rings is 1. The maximum Gasteiger partial charge on any atom is 0.317 e. The highest BCUT2D eigenvalue weighted by Gasteiger charge is 2.27. The van der Waals surface area contributed by atoms with Gasteiger partial charge in [-0.2, -0.15) is 0 Å². The van der Waals surface area contributed by atoms with Crippen LogP contribution in [-0.2, 0) is 0 Å². The Morgan fingerprint density at radius 1 is 1.20 bits per heavy atom. The number of rotatable bonds is 4. The second-order valence-corrected chi connectivity index (χ2v) is 7.21. The van der Waals surface area contributed by atoms with Crippen molar-refractivity contribution in [3.63, 3.8) is 0 Å². The van der Waals surface area contributed by atoms with Crippen LogP contribution in [0.25, 0.3) is 11.3 Å². The van der Waals surface area contributed by atoms with Crippen molar-refractivity contribution in [3.05, 3.63) is 66.5 Å². The Bertz CT molecular complexity index is 1030. The van der Waals surface area contributed by atoms with Crippen LogP contribution in [0.15, 0.2) is 54.9 Å². The van der Waals surface area contributed by atoms with Gasteiger partial charge in [-0.15, -0.1) is 0 Å². The summed E-state index contributed by atoms with van der Waals surface area (Å²) in [6, 6.07) is 11.7. The molecule has 7 nitrogen and oxygen atoms in total. The van der Waals surface area contributed by atoms with E-state index in [4.69, 9.17) is 9.97 Å². The molecule has 0 radical (unpaired) electrons. The summed E-state index contributed by atoms with van der Waals surface area (Å²) in [5, 5.41) is 5.86. The van der Waals surface area contributed by atoms with Crippen molar-refractivity contribution in [2.45, 2.75) is 18.8 Å². The minimum absolute atomic E-state index is 0.0146. The fraction of sp³-hybridized carbons (Fsp3) is 0.273. The summed E-state index contributed by atoms with van der Waals surface area (Å²) in [5.41, 5.74) is 2.19. The maximum atomic E-state index is 13.6. The summed E-state index contributed by atoms with van der Waals surface area (Å²) in [5.74, 6) is 0.918. The van der Waals surface area contributed by atoms with Gasteiger partial charge in [-0.05, 0) is 43.2 Å². The molecule has 2 aromatic heterocycles. The summed E-state index contributed by atoms with van der Waals surface area (Å²) < 4.78 is 13.6. The molecule has 1 atom stereocenters. The summed E-state index contributed by atoms with van der Waals surface area (Å²) in [6.07, 6.45) is 5.23. The van der Waals surface area contributed by atoms with Crippen LogP contribution in [0.1, 0.15) is 24.6 Å². The molecule has 3 aromatic rings. The second-order valence-electron chi connectivity index (χ2n) is 7.21. The number of nitrogens with one attached hydrogen (secondary N) is 2. The van der Waals surface area contributed by atoms with Gasteiger partial charge in [-0.1, -0.05) is 6.07 Å². The fourth-order valence-electron chi connectivity index (χ4n) is 3.62. The molecule has 2 amide bonds. The number of urea groups is 1. The molecule has 4 rings (SSSR count). The monoisotopic (exact) mass is 406 g/mol. The molecule has 8 heteroatoms. The van der Waals surface area contributed by atoms with Crippen LogP contribution in [0.4, 0.5) is 20.7 Å². The van der Waals surface area contributed by atoms with E-state index in [1.54, 1.807) is 36.5 Å². The fourth-order valence-corrected chi connectivity index (χ4v) is 3.62. The average molecular weight is 406 g/mol. The van der Waals surface area contributed by atoms with E-state index in [1.165, 1.54) is 12.1 Å². The molecular weight excluding hydrogens is 383 g/mol. The number of halogens is 1. The van der Waals surface area contributed by atoms with Gasteiger partial charge in [0, 0.05) is 55.8 Å². The molecule has 1 aliphatic rings. The van der Waals surface area contributed by atoms with Crippen molar-refractivity contribution in [1.29, 1.82) is 0 Å². The molecule has 30 heavy (non-hydrogen) atoms. The summed E-state index contributed by atoms with van der Waals surface area (Å²) in [7, 11) is 1.63. The predicted octanol–water partition coefficient (Wildman–Crippen LogP) is 3.94. The van der Waals surface area contributed by atoms with Gasteiger partial charge < -0.3 is 15.5 Å². The third kappa shape index (κ3) is 4.53. The normalized spacial score (nSPS) is 16.2. The minimum atomic E-state index is -0.324. The summed E-state index contributed by atoms with van der Waals surface area (Å²) in [6.45, 7) is 1.27. The van der Waals surface area contributed by atoms with Crippen molar-refractivity contribution in [1.82, 2.24) is 25.2 Å². The van der Waals surface area contributed by atoms with Gasteiger partial charge in [-0.3, -0.25) is 4.98 Å². The van der Waals surface area contributed by atoms with E-state index >= 15 is 0 Å². The molecule has 2 N–H and O–H groups in total. The highest BCUT2D eigenvalue weighted by atomic mass is 19.1. The molecule has 1 aliphatic heterocycles. The standard InChI is InChI=1S/C22H23FN6O/c1-24-22(30)29-10-4-6-16(14-29)21-27-19(15-5-3-9-25-13-15)12-20(28-21)26-18-8-2-7-17(23)11-18/h2-3,5,7-9,11-13,16H,4,6,10,14H2,1H3,(H,24,30)(H,26,27,28). The van der Waals surface area contributed by atoms with Crippen molar-refractivity contribution in [2.24, 2.45) is 0 Å². The first-order valence-electron chi connectivity index (χ1n) is 9.91. The molecule has 0 spiro atoms. The van der Waals surface area contributed by atoms with E-state index in [9.17, 15) is 9.18 Å². The van der Waals surface area contributed by atoms with Crippen LogP contribution in [-0.4, -0.2) is 46.0 Å². The van der Waals surface area contributed by atoms with Gasteiger partial charge in [0.15, 0.2) is 0 Å². The van der Waals surface area contributed by atoms with Crippen LogP contribution in [0.5, 0.6) is 0 Å². The molecule has 1 fully saturated rings. The van der Waals surface area contributed by atoms with Crippen LogP contribution in [0, 0.1) is 5.82 Å². The molecule has 0 aliphatic carbocycles. The number of carbonyl (C=O) groups excluding carboxylic acids is 1. The first-order chi connectivity index (χ1) is 14.6. The Morgan fingerprint density at radius 2 is 2.10 bits per heavy atom. The lowest BCUT2D eigenvalue weighted by atomic mass is 9.97. The zero-order valence-electron chi connectivity index (χ0n) is 16.7. The van der Waals surface area contributed by atoms with Gasteiger partial charge in [0.2, 0.25) is 0 Å². The third-order valence-electron chi connectivity index (χ3n) is 5.09. The van der Waals surface area contributed by atoms with E-state index < -0.39 is 0 Å². The number of anilines is 2. The lowest BCUT2D eigenvalue weighted by Gasteiger charge is -2.31. The predicted molar refractivity (Wildman–Crippen MR) is 113 cm³/mol. The molecule has 3 heterocycles. The van der Waals surface area contributed by atoms with E-state index in [1.807, 2.05) is 18.2 Å². The first kappa shape index (κ1) is 19.8. The van der Waals surface area contributed by atoms with Crippen LogP contribution >= 0.6 is 0 Å². The van der Waals surface area contributed by atoms with Crippen molar-refractivity contribution < 1.29 is 9.18 Å². The molecule has 154 valence electrons. The zero-order chi connectivity index (χ0) is 20.9. The highest BCUT2D eigenvalue weighted by molar-refractivity contribution is 5.74. The zero-order valence-corrected chi connectivity index (χ0v) is 16.7. The van der Waals surface area contributed by atoms with Gasteiger partial charge in [0.1, 0.15) is 17.5 Å². The first-order valence-corrected chi connectivity index (χ1v) is 9.91. The number of aromatic nitrogens is 3. The van der Waals surface area contributed by atoms with Gasteiger partial charge in [0.25, 0.3) is 0 Å². The Labute approximate surface area is 174 Å². The van der Waals surface area contributed by atoms with Crippen LogP contribution in [0.2, 0.25) is 0 Å². The van der Waals surface area contributed by atoms with Crippen LogP contribution < -0.4 is 10.6 Å². The number of nitrogens with zero attached hydrogens (tertiary/aromatic N) is 4. The Balaban J connectivity index is 1.69. The number of likely N-dealkylation sites (tertiary alicyclic amines) is 1. The Hall–Kier alpha value is -3.55. The number of carbonyl (C=O) groups is 1. The number of amides is 2. The lowest BCUT2D eigenvalue weighted by molar-refractivity contribution is 0.180. The topological polar surface area (TPSA) is 83.0 Å². The number of benzene rings is 1. The minimum Gasteiger partial charge on any atom is -0.341 e. The molecule has 1 aromatic carbocycles. The van der Waals surface area contributed by atoms with Gasteiger partial charge in [0.05, 0.1) is 5.69 Å². The van der Waals surface area contributed by atoms with E-state index in [-0.39, 0.29) is 17.8 Å². The van der Waals surface area contributed by atoms with E-state index in [0.717, 1.165) is 24.1 Å². The smallest absolute Gasteiger partial charge is 0.317 e. The third-order valence-corrected chi connectivity index (χ3v) is 5.09. The summed E-state index contributed by atoms with van der Waals surface area (Å²) in [4.78, 5) is 27.5. The molecule has 1 unspecified atom stereocenters. The van der Waals surface area contributed by atoms with E-state index in [0.29, 0.717) is 30.4 Å². The largest absolute Gasteiger partial charge is 0.341 e. The van der Waals surface area contributed by atoms with E-state index in [2.05, 4.69) is 15.6 Å². The summed E-state index contributed by atoms with van der Waals surface area (Å²) >= 11 is 0. The van der Waals surface area contributed by atoms with Crippen molar-refractivity contribution in [3.8, 4) is 11.3 Å². The number of hydrogen-bond donors (Lipinski definition) is 2. The Kier molecular flexibility index (Phi) is 5.83. The number of pyridine rings is 1. The average Bonchev–Trinajstić information content (AvgIpc) is 2.79. The Morgan fingerprint density at radius 3 is 2.87 bits per heavy atom. The van der Waals surface area contributed by atoms with Gasteiger partial charge in [-0.25, -0.2) is 19.2 Å². The molecule has 1 saturated heterocycles. The lowest BCUT2D eigenvalue weighted by Crippen LogP contribution is -2.44. The second kappa shape index (κ2) is 8.86. The highest BCUT2D eigenvalue weighted by Crippen LogP contribution is 2.29. The number of hydrogen-bond acceptors (Lipinski definition) is 5.